The number of aryl methyl sites for hydroxylation is 3. The molecule has 0 aliphatic rings. The lowest BCUT2D eigenvalue weighted by Gasteiger charge is -2.00. The van der Waals surface area contributed by atoms with Gasteiger partial charge in [-0.05, 0) is 18.6 Å². The van der Waals surface area contributed by atoms with Gasteiger partial charge in [0.15, 0.2) is 0 Å². The van der Waals surface area contributed by atoms with Gasteiger partial charge in [0.2, 0.25) is 0 Å². The van der Waals surface area contributed by atoms with E-state index in [0.717, 1.165) is 12.8 Å². The number of hydrogen-bond acceptors (Lipinski definition) is 2. The summed E-state index contributed by atoms with van der Waals surface area (Å²) in [6.07, 6.45) is 5.54. The number of hydrogen-bond donors (Lipinski definition) is 0. The summed E-state index contributed by atoms with van der Waals surface area (Å²) in [5, 5.41) is 0. The molecule has 2 nitrogen and oxygen atoms in total. The minimum absolute atomic E-state index is 1.04. The third kappa shape index (κ3) is 3.37. The van der Waals surface area contributed by atoms with Gasteiger partial charge >= 0.3 is 0 Å². The molecule has 0 fully saturated rings. The molecule has 80 valence electrons. The fourth-order valence-electron chi connectivity index (χ4n) is 1.38. The maximum atomic E-state index is 4.58. The van der Waals surface area contributed by atoms with Gasteiger partial charge in [-0.15, -0.1) is 0 Å². The molecule has 1 aromatic heterocycles. The SMILES string of the molecule is CCCSCCc1nc(CC)cn1C. The van der Waals surface area contributed by atoms with Gasteiger partial charge in [-0.3, -0.25) is 0 Å². The second-order valence-electron chi connectivity index (χ2n) is 3.48. The molecular weight excluding hydrogens is 192 g/mol. The molecule has 0 aromatic carbocycles. The molecule has 0 saturated carbocycles. The summed E-state index contributed by atoms with van der Waals surface area (Å²) in [7, 11) is 2.09. The van der Waals surface area contributed by atoms with Gasteiger partial charge in [-0.25, -0.2) is 4.98 Å². The van der Waals surface area contributed by atoms with Crippen molar-refractivity contribution in [2.24, 2.45) is 7.05 Å². The number of aromatic nitrogens is 2. The lowest BCUT2D eigenvalue weighted by atomic mass is 10.4. The molecule has 0 saturated heterocycles. The maximum Gasteiger partial charge on any atom is 0.109 e. The summed E-state index contributed by atoms with van der Waals surface area (Å²) in [6, 6.07) is 0. The van der Waals surface area contributed by atoms with Gasteiger partial charge in [-0.1, -0.05) is 13.8 Å². The Balaban J connectivity index is 2.38. The van der Waals surface area contributed by atoms with Crippen LogP contribution in [0.1, 0.15) is 31.8 Å². The Morgan fingerprint density at radius 2 is 2.14 bits per heavy atom. The topological polar surface area (TPSA) is 17.8 Å². The van der Waals surface area contributed by atoms with E-state index in [1.54, 1.807) is 0 Å². The second-order valence-corrected chi connectivity index (χ2v) is 4.70. The van der Waals surface area contributed by atoms with Crippen LogP contribution in [-0.2, 0) is 19.9 Å². The molecule has 0 atom stereocenters. The van der Waals surface area contributed by atoms with E-state index in [0.29, 0.717) is 0 Å². The van der Waals surface area contributed by atoms with Crippen molar-refractivity contribution in [2.75, 3.05) is 11.5 Å². The highest BCUT2D eigenvalue weighted by molar-refractivity contribution is 7.99. The van der Waals surface area contributed by atoms with Crippen LogP contribution in [-0.4, -0.2) is 21.1 Å². The minimum atomic E-state index is 1.04. The average molecular weight is 212 g/mol. The molecule has 0 radical (unpaired) electrons. The maximum absolute atomic E-state index is 4.58. The van der Waals surface area contributed by atoms with Crippen LogP contribution in [0, 0.1) is 0 Å². The highest BCUT2D eigenvalue weighted by atomic mass is 32.2. The molecule has 0 aliphatic heterocycles. The molecule has 0 spiro atoms. The molecule has 0 N–H and O–H groups in total. The Kier molecular flexibility index (Phi) is 5.09. The fraction of sp³-hybridized carbons (Fsp3) is 0.727. The Morgan fingerprint density at radius 1 is 1.36 bits per heavy atom. The van der Waals surface area contributed by atoms with Crippen molar-refractivity contribution < 1.29 is 0 Å². The summed E-state index contributed by atoms with van der Waals surface area (Å²) in [5.74, 6) is 3.69. The van der Waals surface area contributed by atoms with Crippen molar-refractivity contribution in [3.63, 3.8) is 0 Å². The van der Waals surface area contributed by atoms with E-state index in [2.05, 4.69) is 36.6 Å². The summed E-state index contributed by atoms with van der Waals surface area (Å²) in [6.45, 7) is 4.38. The van der Waals surface area contributed by atoms with Crippen LogP contribution < -0.4 is 0 Å². The van der Waals surface area contributed by atoms with Gasteiger partial charge in [0.1, 0.15) is 5.82 Å². The molecule has 1 rings (SSSR count). The van der Waals surface area contributed by atoms with E-state index in [1.165, 1.54) is 29.4 Å². The minimum Gasteiger partial charge on any atom is -0.338 e. The van der Waals surface area contributed by atoms with E-state index < -0.39 is 0 Å². The van der Waals surface area contributed by atoms with Crippen LogP contribution in [0.15, 0.2) is 6.20 Å². The average Bonchev–Trinajstić information content (AvgIpc) is 2.54. The van der Waals surface area contributed by atoms with Gasteiger partial charge in [0, 0.05) is 25.4 Å². The lowest BCUT2D eigenvalue weighted by molar-refractivity contribution is 0.811. The zero-order chi connectivity index (χ0) is 10.4. The van der Waals surface area contributed by atoms with E-state index >= 15 is 0 Å². The third-order valence-corrected chi connectivity index (χ3v) is 3.39. The van der Waals surface area contributed by atoms with Crippen molar-refractivity contribution in [2.45, 2.75) is 33.1 Å². The largest absolute Gasteiger partial charge is 0.338 e. The molecule has 0 unspecified atom stereocenters. The fourth-order valence-corrected chi connectivity index (χ4v) is 2.20. The normalized spacial score (nSPS) is 10.8. The summed E-state index contributed by atoms with van der Waals surface area (Å²) < 4.78 is 2.16. The first-order valence-electron chi connectivity index (χ1n) is 5.36. The molecule has 0 amide bonds. The Morgan fingerprint density at radius 3 is 2.71 bits per heavy atom. The zero-order valence-electron chi connectivity index (χ0n) is 9.42. The molecule has 14 heavy (non-hydrogen) atoms. The predicted molar refractivity (Wildman–Crippen MR) is 63.9 cm³/mol. The van der Waals surface area contributed by atoms with Crippen LogP contribution in [0.4, 0.5) is 0 Å². The smallest absolute Gasteiger partial charge is 0.109 e. The Bertz CT molecular complexity index is 268. The zero-order valence-corrected chi connectivity index (χ0v) is 10.2. The monoisotopic (exact) mass is 212 g/mol. The predicted octanol–water partition coefficient (Wildman–Crippen LogP) is 2.67. The summed E-state index contributed by atoms with van der Waals surface area (Å²) in [4.78, 5) is 4.58. The van der Waals surface area contributed by atoms with Gasteiger partial charge in [-0.2, -0.15) is 11.8 Å². The van der Waals surface area contributed by atoms with E-state index in [-0.39, 0.29) is 0 Å². The van der Waals surface area contributed by atoms with E-state index in [4.69, 9.17) is 0 Å². The van der Waals surface area contributed by atoms with Crippen molar-refractivity contribution >= 4 is 11.8 Å². The number of thioether (sulfide) groups is 1. The molecule has 3 heteroatoms. The Labute approximate surface area is 91.1 Å². The van der Waals surface area contributed by atoms with E-state index in [1.807, 2.05) is 11.8 Å². The summed E-state index contributed by atoms with van der Waals surface area (Å²) in [5.41, 5.74) is 1.21. The first-order valence-corrected chi connectivity index (χ1v) is 6.52. The van der Waals surface area contributed by atoms with Crippen LogP contribution in [0.25, 0.3) is 0 Å². The molecule has 0 aliphatic carbocycles. The van der Waals surface area contributed by atoms with Gasteiger partial charge in [0.05, 0.1) is 5.69 Å². The standard InChI is InChI=1S/C11H20N2S/c1-4-7-14-8-6-11-12-10(5-2)9-13(11)3/h9H,4-8H2,1-3H3. The van der Waals surface area contributed by atoms with Gasteiger partial charge in [0.25, 0.3) is 0 Å². The molecular formula is C11H20N2S. The van der Waals surface area contributed by atoms with Crippen LogP contribution in [0.5, 0.6) is 0 Å². The number of nitrogens with zero attached hydrogens (tertiary/aromatic N) is 2. The van der Waals surface area contributed by atoms with Crippen molar-refractivity contribution in [3.8, 4) is 0 Å². The quantitative estimate of drug-likeness (QED) is 0.675. The highest BCUT2D eigenvalue weighted by Gasteiger charge is 2.02. The van der Waals surface area contributed by atoms with Crippen LogP contribution in [0.3, 0.4) is 0 Å². The highest BCUT2D eigenvalue weighted by Crippen LogP contribution is 2.08. The Hall–Kier alpha value is -0.440. The van der Waals surface area contributed by atoms with Crippen LogP contribution >= 0.6 is 11.8 Å². The third-order valence-electron chi connectivity index (χ3n) is 2.20. The molecule has 1 aromatic rings. The molecule has 0 bridgehead atoms. The lowest BCUT2D eigenvalue weighted by Crippen LogP contribution is -1.99. The number of rotatable bonds is 6. The van der Waals surface area contributed by atoms with Crippen molar-refractivity contribution in [3.05, 3.63) is 17.7 Å². The number of imidazole rings is 1. The summed E-state index contributed by atoms with van der Waals surface area (Å²) >= 11 is 2.02. The first-order chi connectivity index (χ1) is 6.77. The first kappa shape index (κ1) is 11.6. The molecule has 1 heterocycles. The van der Waals surface area contributed by atoms with Crippen molar-refractivity contribution in [1.29, 1.82) is 0 Å². The second kappa shape index (κ2) is 6.12. The van der Waals surface area contributed by atoms with Gasteiger partial charge < -0.3 is 4.57 Å². The van der Waals surface area contributed by atoms with Crippen molar-refractivity contribution in [1.82, 2.24) is 9.55 Å². The van der Waals surface area contributed by atoms with Crippen LogP contribution in [0.2, 0.25) is 0 Å². The van der Waals surface area contributed by atoms with E-state index in [9.17, 15) is 0 Å².